The minimum atomic E-state index is 0.638. The molecule has 2 rings (SSSR count). The van der Waals surface area contributed by atoms with E-state index in [1.165, 1.54) is 0 Å². The number of aromatic nitrogens is 2. The van der Waals surface area contributed by atoms with Crippen LogP contribution in [0.15, 0.2) is 12.4 Å². The minimum absolute atomic E-state index is 0.638. The van der Waals surface area contributed by atoms with Gasteiger partial charge in [-0.15, -0.1) is 0 Å². The lowest BCUT2D eigenvalue weighted by Crippen LogP contribution is -2.36. The minimum Gasteiger partial charge on any atom is -0.381 e. The third-order valence-corrected chi connectivity index (χ3v) is 2.57. The second kappa shape index (κ2) is 5.12. The van der Waals surface area contributed by atoms with E-state index in [-0.39, 0.29) is 0 Å². The van der Waals surface area contributed by atoms with Gasteiger partial charge in [-0.05, 0) is 12.8 Å². The zero-order chi connectivity index (χ0) is 9.64. The van der Waals surface area contributed by atoms with Crippen LogP contribution in [0.5, 0.6) is 0 Å². The standard InChI is InChI=1S/C10H17N3O/c1(10-12-5-6-13-10)4-11-9-2-7-14-8-3-9/h5-6,9,11H,1-4,7-8H2,(H,12,13). The lowest BCUT2D eigenvalue weighted by Gasteiger charge is -2.22. The highest BCUT2D eigenvalue weighted by atomic mass is 16.5. The first-order valence-electron chi connectivity index (χ1n) is 5.24. The van der Waals surface area contributed by atoms with Crippen molar-refractivity contribution in [1.82, 2.24) is 15.3 Å². The molecule has 0 aromatic carbocycles. The van der Waals surface area contributed by atoms with E-state index in [1.807, 2.05) is 6.20 Å². The van der Waals surface area contributed by atoms with E-state index < -0.39 is 0 Å². The summed E-state index contributed by atoms with van der Waals surface area (Å²) >= 11 is 0. The summed E-state index contributed by atoms with van der Waals surface area (Å²) in [5.74, 6) is 1.06. The highest BCUT2D eigenvalue weighted by Gasteiger charge is 2.12. The van der Waals surface area contributed by atoms with Crippen LogP contribution < -0.4 is 5.32 Å². The lowest BCUT2D eigenvalue weighted by molar-refractivity contribution is 0.0782. The van der Waals surface area contributed by atoms with Crippen molar-refractivity contribution in [2.45, 2.75) is 25.3 Å². The number of nitrogens with one attached hydrogen (secondary N) is 2. The molecular formula is C10H17N3O. The second-order valence-corrected chi connectivity index (χ2v) is 3.63. The number of ether oxygens (including phenoxy) is 1. The zero-order valence-electron chi connectivity index (χ0n) is 8.33. The number of aromatic amines is 1. The fourth-order valence-corrected chi connectivity index (χ4v) is 1.73. The number of hydrogen-bond donors (Lipinski definition) is 2. The topological polar surface area (TPSA) is 49.9 Å². The number of nitrogens with zero attached hydrogens (tertiary/aromatic N) is 1. The lowest BCUT2D eigenvalue weighted by atomic mass is 10.1. The zero-order valence-corrected chi connectivity index (χ0v) is 8.33. The molecule has 0 amide bonds. The Morgan fingerprint density at radius 2 is 2.36 bits per heavy atom. The third-order valence-electron chi connectivity index (χ3n) is 2.57. The van der Waals surface area contributed by atoms with Crippen LogP contribution in [-0.4, -0.2) is 35.8 Å². The molecule has 0 atom stereocenters. The monoisotopic (exact) mass is 195 g/mol. The van der Waals surface area contributed by atoms with E-state index in [0.29, 0.717) is 6.04 Å². The fourth-order valence-electron chi connectivity index (χ4n) is 1.73. The summed E-state index contributed by atoms with van der Waals surface area (Å²) in [4.78, 5) is 7.28. The molecule has 1 aliphatic rings. The molecule has 4 nitrogen and oxygen atoms in total. The molecule has 2 heterocycles. The molecule has 0 bridgehead atoms. The molecule has 0 aliphatic carbocycles. The van der Waals surface area contributed by atoms with Gasteiger partial charge in [0, 0.05) is 44.6 Å². The van der Waals surface area contributed by atoms with Gasteiger partial charge in [-0.3, -0.25) is 0 Å². The summed E-state index contributed by atoms with van der Waals surface area (Å²) in [5, 5.41) is 3.52. The SMILES string of the molecule is c1c[nH]c(CCNC2CCOCC2)n1. The van der Waals surface area contributed by atoms with Crippen molar-refractivity contribution < 1.29 is 4.74 Å². The molecule has 78 valence electrons. The van der Waals surface area contributed by atoms with E-state index in [4.69, 9.17) is 4.74 Å². The first kappa shape index (κ1) is 9.68. The van der Waals surface area contributed by atoms with Crippen molar-refractivity contribution in [3.63, 3.8) is 0 Å². The summed E-state index contributed by atoms with van der Waals surface area (Å²) < 4.78 is 5.29. The number of imidazole rings is 1. The van der Waals surface area contributed by atoms with E-state index in [2.05, 4.69) is 15.3 Å². The van der Waals surface area contributed by atoms with Crippen molar-refractivity contribution in [3.05, 3.63) is 18.2 Å². The molecule has 4 heteroatoms. The molecular weight excluding hydrogens is 178 g/mol. The Kier molecular flexibility index (Phi) is 3.54. The van der Waals surface area contributed by atoms with Crippen molar-refractivity contribution in [2.75, 3.05) is 19.8 Å². The highest BCUT2D eigenvalue weighted by molar-refractivity contribution is 4.87. The van der Waals surface area contributed by atoms with Crippen LogP contribution in [0.25, 0.3) is 0 Å². The fraction of sp³-hybridized carbons (Fsp3) is 0.700. The third kappa shape index (κ3) is 2.82. The number of H-pyrrole nitrogens is 1. The Hall–Kier alpha value is -0.870. The molecule has 0 unspecified atom stereocenters. The van der Waals surface area contributed by atoms with Crippen LogP contribution >= 0.6 is 0 Å². The van der Waals surface area contributed by atoms with Gasteiger partial charge >= 0.3 is 0 Å². The van der Waals surface area contributed by atoms with Gasteiger partial charge in [-0.2, -0.15) is 0 Å². The molecule has 1 fully saturated rings. The summed E-state index contributed by atoms with van der Waals surface area (Å²) in [6.45, 7) is 2.80. The van der Waals surface area contributed by atoms with E-state index in [9.17, 15) is 0 Å². The van der Waals surface area contributed by atoms with Gasteiger partial charge in [0.05, 0.1) is 0 Å². The van der Waals surface area contributed by atoms with E-state index in [1.54, 1.807) is 6.20 Å². The Balaban J connectivity index is 1.62. The molecule has 2 N–H and O–H groups in total. The van der Waals surface area contributed by atoms with Crippen LogP contribution in [0, 0.1) is 0 Å². The quantitative estimate of drug-likeness (QED) is 0.744. The highest BCUT2D eigenvalue weighted by Crippen LogP contribution is 2.05. The average molecular weight is 195 g/mol. The van der Waals surface area contributed by atoms with E-state index in [0.717, 1.165) is 44.8 Å². The number of rotatable bonds is 4. The van der Waals surface area contributed by atoms with Gasteiger partial charge in [0.25, 0.3) is 0 Å². The maximum absolute atomic E-state index is 5.29. The van der Waals surface area contributed by atoms with Crippen molar-refractivity contribution >= 4 is 0 Å². The van der Waals surface area contributed by atoms with Gasteiger partial charge in [0.15, 0.2) is 0 Å². The summed E-state index contributed by atoms with van der Waals surface area (Å²) in [5.41, 5.74) is 0. The van der Waals surface area contributed by atoms with Gasteiger partial charge in [0.2, 0.25) is 0 Å². The average Bonchev–Trinajstić information content (AvgIpc) is 2.72. The van der Waals surface area contributed by atoms with Crippen LogP contribution in [0.3, 0.4) is 0 Å². The van der Waals surface area contributed by atoms with Crippen LogP contribution in [0.2, 0.25) is 0 Å². The van der Waals surface area contributed by atoms with Gasteiger partial charge < -0.3 is 15.0 Å². The Morgan fingerprint density at radius 3 is 3.07 bits per heavy atom. The predicted octanol–water partition coefficient (Wildman–Crippen LogP) is 0.721. The molecule has 0 spiro atoms. The number of hydrogen-bond acceptors (Lipinski definition) is 3. The molecule has 1 aromatic rings. The Morgan fingerprint density at radius 1 is 1.50 bits per heavy atom. The molecule has 1 aliphatic heterocycles. The van der Waals surface area contributed by atoms with Gasteiger partial charge in [-0.25, -0.2) is 4.98 Å². The molecule has 14 heavy (non-hydrogen) atoms. The largest absolute Gasteiger partial charge is 0.381 e. The van der Waals surface area contributed by atoms with Crippen LogP contribution in [0.1, 0.15) is 18.7 Å². The van der Waals surface area contributed by atoms with E-state index >= 15 is 0 Å². The molecule has 0 radical (unpaired) electrons. The maximum Gasteiger partial charge on any atom is 0.107 e. The Bertz CT molecular complexity index is 242. The molecule has 1 saturated heterocycles. The first-order valence-corrected chi connectivity index (χ1v) is 5.24. The van der Waals surface area contributed by atoms with Crippen LogP contribution in [-0.2, 0) is 11.2 Å². The predicted molar refractivity (Wildman–Crippen MR) is 54.1 cm³/mol. The van der Waals surface area contributed by atoms with Gasteiger partial charge in [-0.1, -0.05) is 0 Å². The molecule has 0 saturated carbocycles. The smallest absolute Gasteiger partial charge is 0.107 e. The summed E-state index contributed by atoms with van der Waals surface area (Å²) in [6.07, 6.45) is 6.91. The van der Waals surface area contributed by atoms with Crippen molar-refractivity contribution in [3.8, 4) is 0 Å². The van der Waals surface area contributed by atoms with Crippen molar-refractivity contribution in [1.29, 1.82) is 0 Å². The van der Waals surface area contributed by atoms with Crippen molar-refractivity contribution in [2.24, 2.45) is 0 Å². The second-order valence-electron chi connectivity index (χ2n) is 3.63. The first-order chi connectivity index (χ1) is 6.95. The normalized spacial score (nSPS) is 18.6. The van der Waals surface area contributed by atoms with Crippen LogP contribution in [0.4, 0.5) is 0 Å². The summed E-state index contributed by atoms with van der Waals surface area (Å²) in [7, 11) is 0. The Labute approximate surface area is 84.1 Å². The maximum atomic E-state index is 5.29. The molecule has 1 aromatic heterocycles. The summed E-state index contributed by atoms with van der Waals surface area (Å²) in [6, 6.07) is 0.638. The van der Waals surface area contributed by atoms with Gasteiger partial charge in [0.1, 0.15) is 5.82 Å².